The smallest absolute Gasteiger partial charge is 0.163 e. The van der Waals surface area contributed by atoms with Crippen molar-refractivity contribution in [2.75, 3.05) is 45.7 Å². The summed E-state index contributed by atoms with van der Waals surface area (Å²) in [6.07, 6.45) is 0. The fourth-order valence-corrected chi connectivity index (χ4v) is 1.58. The number of ether oxygens (including phenoxy) is 2. The van der Waals surface area contributed by atoms with Crippen LogP contribution in [-0.4, -0.2) is 45.3 Å². The van der Waals surface area contributed by atoms with Gasteiger partial charge in [0.05, 0.1) is 13.2 Å². The molecule has 0 fully saturated rings. The van der Waals surface area contributed by atoms with Crippen molar-refractivity contribution in [2.24, 2.45) is 0 Å². The lowest BCUT2D eigenvalue weighted by molar-refractivity contribution is 0.288. The first kappa shape index (κ1) is 14.6. The standard InChI is InChI=1S/C14H24N2O2/c1-5-17-13-8-7-12(11-14(13)18-6-2)15-9-10-16(3)4/h7-8,11,15H,5-6,9-10H2,1-4H3. The molecule has 0 aliphatic carbocycles. The van der Waals surface area contributed by atoms with E-state index in [1.165, 1.54) is 0 Å². The third-order valence-corrected chi connectivity index (χ3v) is 2.43. The molecule has 0 amide bonds. The first-order valence-corrected chi connectivity index (χ1v) is 6.45. The van der Waals surface area contributed by atoms with Gasteiger partial charge in [-0.25, -0.2) is 0 Å². The van der Waals surface area contributed by atoms with Crippen molar-refractivity contribution in [1.82, 2.24) is 4.90 Å². The van der Waals surface area contributed by atoms with Gasteiger partial charge in [0.15, 0.2) is 11.5 Å². The highest BCUT2D eigenvalue weighted by Gasteiger charge is 2.05. The highest BCUT2D eigenvalue weighted by Crippen LogP contribution is 2.30. The van der Waals surface area contributed by atoms with E-state index in [1.54, 1.807) is 0 Å². The lowest BCUT2D eigenvalue weighted by atomic mass is 10.2. The summed E-state index contributed by atoms with van der Waals surface area (Å²) in [6.45, 7) is 7.14. The second-order valence-electron chi connectivity index (χ2n) is 4.26. The molecule has 0 heterocycles. The normalized spacial score (nSPS) is 10.5. The van der Waals surface area contributed by atoms with Crippen molar-refractivity contribution in [3.63, 3.8) is 0 Å². The number of hydrogen-bond acceptors (Lipinski definition) is 4. The largest absolute Gasteiger partial charge is 0.490 e. The molecule has 0 aromatic heterocycles. The van der Waals surface area contributed by atoms with E-state index in [-0.39, 0.29) is 0 Å². The number of rotatable bonds is 8. The van der Waals surface area contributed by atoms with E-state index < -0.39 is 0 Å². The summed E-state index contributed by atoms with van der Waals surface area (Å²) < 4.78 is 11.1. The van der Waals surface area contributed by atoms with Gasteiger partial charge in [0, 0.05) is 24.8 Å². The van der Waals surface area contributed by atoms with E-state index in [0.29, 0.717) is 13.2 Å². The van der Waals surface area contributed by atoms with Crippen LogP contribution in [0.15, 0.2) is 18.2 Å². The Hall–Kier alpha value is -1.42. The molecule has 4 heteroatoms. The summed E-state index contributed by atoms with van der Waals surface area (Å²) in [5, 5.41) is 3.37. The average molecular weight is 252 g/mol. The van der Waals surface area contributed by atoms with E-state index in [4.69, 9.17) is 9.47 Å². The number of likely N-dealkylation sites (N-methyl/N-ethyl adjacent to an activating group) is 1. The van der Waals surface area contributed by atoms with Gasteiger partial charge in [-0.15, -0.1) is 0 Å². The van der Waals surface area contributed by atoms with Gasteiger partial charge in [-0.1, -0.05) is 0 Å². The molecule has 1 rings (SSSR count). The molecule has 102 valence electrons. The molecule has 18 heavy (non-hydrogen) atoms. The molecule has 0 radical (unpaired) electrons. The van der Waals surface area contributed by atoms with E-state index >= 15 is 0 Å². The van der Waals surface area contributed by atoms with Crippen LogP contribution in [-0.2, 0) is 0 Å². The molecule has 0 atom stereocenters. The maximum atomic E-state index is 5.58. The molecule has 0 aliphatic heterocycles. The summed E-state index contributed by atoms with van der Waals surface area (Å²) in [4.78, 5) is 2.14. The van der Waals surface area contributed by atoms with Crippen molar-refractivity contribution in [3.05, 3.63) is 18.2 Å². The molecule has 4 nitrogen and oxygen atoms in total. The maximum Gasteiger partial charge on any atom is 0.163 e. The highest BCUT2D eigenvalue weighted by atomic mass is 16.5. The van der Waals surface area contributed by atoms with Crippen LogP contribution in [0.5, 0.6) is 11.5 Å². The first-order chi connectivity index (χ1) is 8.67. The molecule has 0 saturated carbocycles. The molecular weight excluding hydrogens is 228 g/mol. The second-order valence-corrected chi connectivity index (χ2v) is 4.26. The maximum absolute atomic E-state index is 5.58. The van der Waals surface area contributed by atoms with E-state index in [0.717, 1.165) is 30.3 Å². The summed E-state index contributed by atoms with van der Waals surface area (Å²) >= 11 is 0. The van der Waals surface area contributed by atoms with Gasteiger partial charge in [0.2, 0.25) is 0 Å². The number of benzene rings is 1. The van der Waals surface area contributed by atoms with Crippen molar-refractivity contribution >= 4 is 5.69 Å². The van der Waals surface area contributed by atoms with Gasteiger partial charge in [0.1, 0.15) is 0 Å². The van der Waals surface area contributed by atoms with Gasteiger partial charge in [-0.3, -0.25) is 0 Å². The Morgan fingerprint density at radius 3 is 2.33 bits per heavy atom. The topological polar surface area (TPSA) is 33.7 Å². The second kappa shape index (κ2) is 7.82. The molecule has 0 aliphatic rings. The van der Waals surface area contributed by atoms with Gasteiger partial charge >= 0.3 is 0 Å². The third-order valence-electron chi connectivity index (χ3n) is 2.43. The molecule has 1 aromatic carbocycles. The van der Waals surface area contributed by atoms with Crippen LogP contribution in [0, 0.1) is 0 Å². The highest BCUT2D eigenvalue weighted by molar-refractivity contribution is 5.54. The van der Waals surface area contributed by atoms with Crippen LogP contribution >= 0.6 is 0 Å². The lowest BCUT2D eigenvalue weighted by Crippen LogP contribution is -2.20. The summed E-state index contributed by atoms with van der Waals surface area (Å²) in [5.41, 5.74) is 1.06. The fourth-order valence-electron chi connectivity index (χ4n) is 1.58. The number of nitrogens with zero attached hydrogens (tertiary/aromatic N) is 1. The Bertz CT molecular complexity index is 354. The van der Waals surface area contributed by atoms with Crippen molar-refractivity contribution in [1.29, 1.82) is 0 Å². The van der Waals surface area contributed by atoms with Crippen molar-refractivity contribution in [3.8, 4) is 11.5 Å². The SMILES string of the molecule is CCOc1ccc(NCCN(C)C)cc1OCC. The fraction of sp³-hybridized carbons (Fsp3) is 0.571. The number of nitrogens with one attached hydrogen (secondary N) is 1. The minimum absolute atomic E-state index is 0.640. The zero-order valence-corrected chi connectivity index (χ0v) is 11.8. The first-order valence-electron chi connectivity index (χ1n) is 6.45. The predicted octanol–water partition coefficient (Wildman–Crippen LogP) is 2.46. The van der Waals surface area contributed by atoms with Crippen molar-refractivity contribution in [2.45, 2.75) is 13.8 Å². The zero-order valence-electron chi connectivity index (χ0n) is 11.8. The monoisotopic (exact) mass is 252 g/mol. The Labute approximate surface area is 110 Å². The minimum atomic E-state index is 0.640. The molecule has 0 spiro atoms. The Morgan fingerprint density at radius 1 is 1.06 bits per heavy atom. The molecule has 0 unspecified atom stereocenters. The minimum Gasteiger partial charge on any atom is -0.490 e. The quantitative estimate of drug-likeness (QED) is 0.770. The molecule has 1 aromatic rings. The zero-order chi connectivity index (χ0) is 13.4. The van der Waals surface area contributed by atoms with Gasteiger partial charge in [-0.2, -0.15) is 0 Å². The van der Waals surface area contributed by atoms with Crippen LogP contribution < -0.4 is 14.8 Å². The molecule has 0 bridgehead atoms. The lowest BCUT2D eigenvalue weighted by Gasteiger charge is -2.14. The van der Waals surface area contributed by atoms with E-state index in [9.17, 15) is 0 Å². The van der Waals surface area contributed by atoms with Gasteiger partial charge < -0.3 is 19.7 Å². The van der Waals surface area contributed by atoms with Crippen LogP contribution in [0.4, 0.5) is 5.69 Å². The van der Waals surface area contributed by atoms with Crippen LogP contribution in [0.2, 0.25) is 0 Å². The Morgan fingerprint density at radius 2 is 1.72 bits per heavy atom. The van der Waals surface area contributed by atoms with Crippen LogP contribution in [0.25, 0.3) is 0 Å². The third kappa shape index (κ3) is 4.84. The Balaban J connectivity index is 2.66. The summed E-state index contributed by atoms with van der Waals surface area (Å²) in [6, 6.07) is 5.96. The van der Waals surface area contributed by atoms with Crippen LogP contribution in [0.3, 0.4) is 0 Å². The van der Waals surface area contributed by atoms with Gasteiger partial charge in [-0.05, 0) is 40.1 Å². The average Bonchev–Trinajstić information content (AvgIpc) is 2.32. The van der Waals surface area contributed by atoms with Gasteiger partial charge in [0.25, 0.3) is 0 Å². The van der Waals surface area contributed by atoms with Crippen molar-refractivity contribution < 1.29 is 9.47 Å². The molecule has 1 N–H and O–H groups in total. The summed E-state index contributed by atoms with van der Waals surface area (Å²) in [5.74, 6) is 1.60. The predicted molar refractivity (Wildman–Crippen MR) is 75.8 cm³/mol. The van der Waals surface area contributed by atoms with Crippen LogP contribution in [0.1, 0.15) is 13.8 Å². The Kier molecular flexibility index (Phi) is 6.36. The molecular formula is C14H24N2O2. The number of hydrogen-bond donors (Lipinski definition) is 1. The number of anilines is 1. The molecule has 0 saturated heterocycles. The van der Waals surface area contributed by atoms with E-state index in [1.807, 2.05) is 32.0 Å². The summed E-state index contributed by atoms with van der Waals surface area (Å²) in [7, 11) is 4.12. The van der Waals surface area contributed by atoms with E-state index in [2.05, 4.69) is 24.3 Å².